The van der Waals surface area contributed by atoms with Gasteiger partial charge in [-0.3, -0.25) is 4.99 Å². The summed E-state index contributed by atoms with van der Waals surface area (Å²) in [6.45, 7) is 0. The summed E-state index contributed by atoms with van der Waals surface area (Å²) in [5.41, 5.74) is 10.0. The molecule has 0 spiro atoms. The molecule has 3 aromatic heterocycles. The lowest BCUT2D eigenvalue weighted by Gasteiger charge is -2.37. The number of aromatic nitrogens is 2. The molecule has 0 amide bonds. The maximum atomic E-state index is 5.20. The molecule has 6 heteroatoms. The van der Waals surface area contributed by atoms with Gasteiger partial charge in [-0.1, -0.05) is 133 Å². The number of nitrogens with zero attached hydrogens (tertiary/aromatic N) is 4. The van der Waals surface area contributed by atoms with Gasteiger partial charge < -0.3 is 5.32 Å². The lowest BCUT2D eigenvalue weighted by molar-refractivity contribution is 0.881. The second-order valence-corrected chi connectivity index (χ2v) is 15.2. The molecule has 10 rings (SSSR count). The first-order valence-corrected chi connectivity index (χ1v) is 18.9. The third-order valence-corrected chi connectivity index (χ3v) is 11.9. The standard InChI is InChI=1S/C46H29N4S2/c1-5-13-29(14-6-1)37-27-38(30-15-7-2-8-16-30)48-44(47-37)33-21-23-41-35(25-33)43-36-26-34(22-24-42(36)52-46(43)51-41)45-49-39(31-17-9-3-10-18-31)28-40(50-45)32-19-11-4-12-20-32/h1-28,44H/q-1. The Labute approximate surface area is 309 Å². The van der Waals surface area contributed by atoms with Crippen molar-refractivity contribution in [2.45, 2.75) is 6.17 Å². The van der Waals surface area contributed by atoms with Crippen LogP contribution in [0.4, 0.5) is 0 Å². The molecule has 4 heterocycles. The summed E-state index contributed by atoms with van der Waals surface area (Å²) >= 11 is 3.69. The van der Waals surface area contributed by atoms with Gasteiger partial charge in [-0.2, -0.15) is 0 Å². The predicted molar refractivity (Wildman–Crippen MR) is 220 cm³/mol. The molecular weight excluding hydrogens is 673 g/mol. The second-order valence-electron chi connectivity index (χ2n) is 12.8. The van der Waals surface area contributed by atoms with E-state index in [-0.39, 0.29) is 6.17 Å². The summed E-state index contributed by atoms with van der Waals surface area (Å²) in [6.07, 6.45) is 1.75. The second kappa shape index (κ2) is 12.8. The van der Waals surface area contributed by atoms with Gasteiger partial charge in [0.05, 0.1) is 21.1 Å². The van der Waals surface area contributed by atoms with E-state index in [1.54, 1.807) is 0 Å². The van der Waals surface area contributed by atoms with Crippen molar-refractivity contribution in [1.29, 1.82) is 0 Å². The third-order valence-electron chi connectivity index (χ3n) is 9.49. The van der Waals surface area contributed by atoms with Gasteiger partial charge in [0.25, 0.3) is 0 Å². The van der Waals surface area contributed by atoms with Crippen LogP contribution in [0.2, 0.25) is 0 Å². The highest BCUT2D eigenvalue weighted by Crippen LogP contribution is 2.47. The normalized spacial score (nSPS) is 14.3. The fourth-order valence-corrected chi connectivity index (χ4v) is 9.47. The molecule has 0 radical (unpaired) electrons. The maximum Gasteiger partial charge on any atom is 0.160 e. The van der Waals surface area contributed by atoms with Gasteiger partial charge >= 0.3 is 0 Å². The molecule has 1 aliphatic rings. The number of rotatable bonds is 6. The quantitative estimate of drug-likeness (QED) is 0.173. The van der Waals surface area contributed by atoms with Gasteiger partial charge in [-0.25, -0.2) is 9.97 Å². The Morgan fingerprint density at radius 3 is 1.63 bits per heavy atom. The van der Waals surface area contributed by atoms with Gasteiger partial charge in [0.1, 0.15) is 0 Å². The van der Waals surface area contributed by atoms with Crippen molar-refractivity contribution < 1.29 is 0 Å². The maximum absolute atomic E-state index is 5.20. The van der Waals surface area contributed by atoms with Crippen LogP contribution in [0, 0.1) is 0 Å². The van der Waals surface area contributed by atoms with Crippen LogP contribution < -0.4 is 0 Å². The molecule has 0 saturated carbocycles. The van der Waals surface area contributed by atoms with E-state index in [0.717, 1.165) is 56.2 Å². The first kappa shape index (κ1) is 30.6. The molecule has 1 aliphatic heterocycles. The summed E-state index contributed by atoms with van der Waals surface area (Å²) in [7, 11) is 0. The Morgan fingerprint density at radius 1 is 0.481 bits per heavy atom. The lowest BCUT2D eigenvalue weighted by atomic mass is 10.0. The van der Waals surface area contributed by atoms with Gasteiger partial charge in [0, 0.05) is 48.4 Å². The number of hydrogen-bond acceptors (Lipinski definition) is 5. The van der Waals surface area contributed by atoms with Crippen molar-refractivity contribution in [3.8, 4) is 33.9 Å². The van der Waals surface area contributed by atoms with Crippen LogP contribution in [-0.2, 0) is 0 Å². The molecule has 246 valence electrons. The van der Waals surface area contributed by atoms with Gasteiger partial charge in [0.15, 0.2) is 5.82 Å². The number of allylic oxidation sites excluding steroid dienone is 1. The molecule has 4 nitrogen and oxygen atoms in total. The van der Waals surface area contributed by atoms with Gasteiger partial charge in [-0.05, 0) is 53.1 Å². The first-order valence-electron chi connectivity index (χ1n) is 17.2. The summed E-state index contributed by atoms with van der Waals surface area (Å²) in [5, 5.41) is 8.92. The highest BCUT2D eigenvalue weighted by atomic mass is 32.2. The summed E-state index contributed by atoms with van der Waals surface area (Å²) < 4.78 is 3.82. The van der Waals surface area contributed by atoms with Crippen molar-refractivity contribution in [3.63, 3.8) is 0 Å². The monoisotopic (exact) mass is 701 g/mol. The average Bonchev–Trinajstić information content (AvgIpc) is 3.77. The minimum atomic E-state index is -0.360. The molecule has 6 aromatic carbocycles. The van der Waals surface area contributed by atoms with Crippen molar-refractivity contribution >= 4 is 63.7 Å². The third kappa shape index (κ3) is 5.59. The van der Waals surface area contributed by atoms with Crippen LogP contribution >= 0.6 is 22.7 Å². The topological polar surface area (TPSA) is 52.2 Å². The smallest absolute Gasteiger partial charge is 0.160 e. The Bertz CT molecular complexity index is 2750. The Morgan fingerprint density at radius 2 is 1.02 bits per heavy atom. The molecule has 0 fully saturated rings. The summed E-state index contributed by atoms with van der Waals surface area (Å²) in [4.78, 5) is 15.4. The molecule has 0 aliphatic carbocycles. The summed E-state index contributed by atoms with van der Waals surface area (Å²) in [5.74, 6) is 0.714. The molecule has 0 bridgehead atoms. The van der Waals surface area contributed by atoms with E-state index >= 15 is 0 Å². The molecule has 1 unspecified atom stereocenters. The number of aliphatic imine (C=N–C) groups is 1. The molecule has 9 aromatic rings. The van der Waals surface area contributed by atoms with Crippen LogP contribution in [-0.4, -0.2) is 15.7 Å². The zero-order chi connectivity index (χ0) is 34.4. The minimum absolute atomic E-state index is 0.360. The number of hydrogen-bond donors (Lipinski definition) is 0. The van der Waals surface area contributed by atoms with E-state index in [9.17, 15) is 0 Å². The number of thiophene rings is 2. The molecule has 0 saturated heterocycles. The van der Waals surface area contributed by atoms with E-state index in [1.165, 1.54) is 29.6 Å². The highest BCUT2D eigenvalue weighted by molar-refractivity contribution is 7.44. The van der Waals surface area contributed by atoms with E-state index in [2.05, 4.69) is 146 Å². The van der Waals surface area contributed by atoms with E-state index < -0.39 is 0 Å². The molecule has 52 heavy (non-hydrogen) atoms. The minimum Gasteiger partial charge on any atom is -0.659 e. The van der Waals surface area contributed by atoms with E-state index in [1.807, 2.05) is 46.9 Å². The Hall–Kier alpha value is -6.21. The zero-order valence-electron chi connectivity index (χ0n) is 27.8. The van der Waals surface area contributed by atoms with Crippen LogP contribution in [0.15, 0.2) is 175 Å². The SMILES string of the molecule is C1=C(c2ccccc2)[N-]C(c2ccc3sc4sc5ccc(-c6nc(-c7ccccc7)cc(-c7ccccc7)n6)cc5c4c3c2)N=C1c1ccccc1. The van der Waals surface area contributed by atoms with Crippen LogP contribution in [0.1, 0.15) is 22.9 Å². The van der Waals surface area contributed by atoms with Crippen molar-refractivity contribution in [3.05, 3.63) is 192 Å². The fourth-order valence-electron chi connectivity index (χ4n) is 6.90. The van der Waals surface area contributed by atoms with Crippen molar-refractivity contribution in [2.24, 2.45) is 4.99 Å². The van der Waals surface area contributed by atoms with E-state index in [4.69, 9.17) is 20.3 Å². The zero-order valence-corrected chi connectivity index (χ0v) is 29.5. The Balaban J connectivity index is 1.10. The lowest BCUT2D eigenvalue weighted by Crippen LogP contribution is -2.09. The number of benzene rings is 6. The largest absolute Gasteiger partial charge is 0.659 e. The average molecular weight is 702 g/mol. The highest BCUT2D eigenvalue weighted by Gasteiger charge is 2.18. The Kier molecular flexibility index (Phi) is 7.56. The van der Waals surface area contributed by atoms with Gasteiger partial charge in [-0.15, -0.1) is 28.4 Å². The molecular formula is C46H29N4S2-. The predicted octanol–water partition coefficient (Wildman–Crippen LogP) is 13.0. The molecule has 1 atom stereocenters. The van der Waals surface area contributed by atoms with Crippen LogP contribution in [0.25, 0.3) is 74.5 Å². The van der Waals surface area contributed by atoms with Crippen LogP contribution in [0.3, 0.4) is 0 Å². The van der Waals surface area contributed by atoms with Crippen molar-refractivity contribution in [2.75, 3.05) is 0 Å². The first-order chi connectivity index (χ1) is 25.7. The summed E-state index contributed by atoms with van der Waals surface area (Å²) in [6, 6.07) is 56.9. The van der Waals surface area contributed by atoms with E-state index in [0.29, 0.717) is 5.82 Å². The van der Waals surface area contributed by atoms with Crippen LogP contribution in [0.5, 0.6) is 0 Å². The van der Waals surface area contributed by atoms with Crippen molar-refractivity contribution in [1.82, 2.24) is 9.97 Å². The van der Waals surface area contributed by atoms with Gasteiger partial charge in [0.2, 0.25) is 0 Å². The fraction of sp³-hybridized carbons (Fsp3) is 0.0217. The molecule has 0 N–H and O–H groups in total. The number of fused-ring (bicyclic) bond motifs is 5.